The number of guanidine groups is 1. The first-order chi connectivity index (χ1) is 13.5. The van der Waals surface area contributed by atoms with Crippen molar-refractivity contribution in [3.8, 4) is 0 Å². The van der Waals surface area contributed by atoms with Gasteiger partial charge in [0.25, 0.3) is 0 Å². The molecule has 29 heavy (non-hydrogen) atoms. The number of piperidine rings is 1. The Kier molecular flexibility index (Phi) is 8.19. The van der Waals surface area contributed by atoms with Gasteiger partial charge in [0.2, 0.25) is 0 Å². The average molecular weight is 431 g/mol. The van der Waals surface area contributed by atoms with Crippen molar-refractivity contribution in [1.82, 2.24) is 15.1 Å². The lowest BCUT2D eigenvalue weighted by Crippen LogP contribution is -2.53. The molecule has 168 valence electrons. The van der Waals surface area contributed by atoms with Crippen LogP contribution in [0.3, 0.4) is 0 Å². The van der Waals surface area contributed by atoms with Gasteiger partial charge in [0, 0.05) is 45.0 Å². The van der Waals surface area contributed by atoms with Crippen LogP contribution in [0.5, 0.6) is 0 Å². The van der Waals surface area contributed by atoms with Crippen molar-refractivity contribution in [2.24, 2.45) is 10.9 Å². The van der Waals surface area contributed by atoms with Crippen LogP contribution >= 0.6 is 0 Å². The van der Waals surface area contributed by atoms with Crippen LogP contribution in [-0.2, 0) is 14.6 Å². The van der Waals surface area contributed by atoms with Gasteiger partial charge < -0.3 is 19.9 Å². The summed E-state index contributed by atoms with van der Waals surface area (Å²) in [6, 6.07) is 0.167. The molecule has 1 heterocycles. The molecule has 2 fully saturated rings. The van der Waals surface area contributed by atoms with Crippen molar-refractivity contribution in [1.29, 1.82) is 0 Å². The smallest absolute Gasteiger partial charge is 0.410 e. The summed E-state index contributed by atoms with van der Waals surface area (Å²) in [5.41, 5.74) is -0.496. The highest BCUT2D eigenvalue weighted by Gasteiger charge is 2.35. The number of rotatable bonds is 7. The summed E-state index contributed by atoms with van der Waals surface area (Å²) < 4.78 is 29.0. The van der Waals surface area contributed by atoms with Crippen molar-refractivity contribution < 1.29 is 17.9 Å². The molecule has 1 saturated heterocycles. The van der Waals surface area contributed by atoms with Gasteiger partial charge in [-0.05, 0) is 52.4 Å². The van der Waals surface area contributed by atoms with Gasteiger partial charge in [-0.3, -0.25) is 4.99 Å². The van der Waals surface area contributed by atoms with E-state index in [2.05, 4.69) is 15.2 Å². The fraction of sp³-hybridized carbons (Fsp3) is 0.900. The first kappa shape index (κ1) is 23.8. The van der Waals surface area contributed by atoms with Crippen LogP contribution in [-0.4, -0.2) is 86.6 Å². The molecule has 0 bridgehead atoms. The monoisotopic (exact) mass is 430 g/mol. The molecule has 2 rings (SSSR count). The van der Waals surface area contributed by atoms with Crippen molar-refractivity contribution in [3.05, 3.63) is 0 Å². The van der Waals surface area contributed by atoms with Crippen LogP contribution in [0.15, 0.2) is 4.99 Å². The lowest BCUT2D eigenvalue weighted by Gasteiger charge is -2.40. The molecule has 1 saturated carbocycles. The Hall–Kier alpha value is -1.51. The minimum Gasteiger partial charge on any atom is -0.444 e. The van der Waals surface area contributed by atoms with E-state index in [-0.39, 0.29) is 23.6 Å². The van der Waals surface area contributed by atoms with Gasteiger partial charge in [-0.2, -0.15) is 0 Å². The molecule has 0 aromatic rings. The molecule has 0 aromatic heterocycles. The van der Waals surface area contributed by atoms with E-state index in [0.717, 1.165) is 38.4 Å². The standard InChI is InChI=1S/C20H38N4O4S/c1-6-29(26,27)14-11-22-18(21-5)23-12-9-17(10-13-23)24(15-16-7-8-16)19(25)28-20(2,3)4/h16-17H,6-15H2,1-5H3,(H,21,22). The van der Waals surface area contributed by atoms with Crippen LogP contribution in [0, 0.1) is 5.92 Å². The lowest BCUT2D eigenvalue weighted by molar-refractivity contribution is 0.00929. The number of hydrogen-bond acceptors (Lipinski definition) is 5. The lowest BCUT2D eigenvalue weighted by atomic mass is 10.0. The summed E-state index contributed by atoms with van der Waals surface area (Å²) in [5, 5.41) is 3.16. The van der Waals surface area contributed by atoms with Gasteiger partial charge in [-0.15, -0.1) is 0 Å². The van der Waals surface area contributed by atoms with Crippen molar-refractivity contribution >= 4 is 21.9 Å². The van der Waals surface area contributed by atoms with Crippen LogP contribution in [0.4, 0.5) is 4.79 Å². The second-order valence-corrected chi connectivity index (χ2v) is 11.5. The molecular formula is C20H38N4O4S. The van der Waals surface area contributed by atoms with E-state index in [1.165, 1.54) is 12.8 Å². The maximum Gasteiger partial charge on any atom is 0.410 e. The number of carbonyl (C=O) groups is 1. The zero-order chi connectivity index (χ0) is 21.7. The Morgan fingerprint density at radius 2 is 1.83 bits per heavy atom. The summed E-state index contributed by atoms with van der Waals surface area (Å²) >= 11 is 0. The third-order valence-corrected chi connectivity index (χ3v) is 7.04. The van der Waals surface area contributed by atoms with Crippen molar-refractivity contribution in [3.63, 3.8) is 0 Å². The number of sulfone groups is 1. The molecule has 0 atom stereocenters. The number of hydrogen-bond donors (Lipinski definition) is 1. The molecule has 1 aliphatic carbocycles. The first-order valence-electron chi connectivity index (χ1n) is 10.7. The fourth-order valence-electron chi connectivity index (χ4n) is 3.46. The van der Waals surface area contributed by atoms with Gasteiger partial charge >= 0.3 is 6.09 Å². The Morgan fingerprint density at radius 1 is 1.21 bits per heavy atom. The predicted octanol–water partition coefficient (Wildman–Crippen LogP) is 2.11. The minimum absolute atomic E-state index is 0.104. The van der Waals surface area contributed by atoms with Crippen molar-refractivity contribution in [2.45, 2.75) is 65.0 Å². The molecule has 0 spiro atoms. The predicted molar refractivity (Wildman–Crippen MR) is 116 cm³/mol. The molecule has 1 aliphatic heterocycles. The summed E-state index contributed by atoms with van der Waals surface area (Å²) in [5.74, 6) is 1.59. The van der Waals surface area contributed by atoms with Crippen LogP contribution < -0.4 is 5.32 Å². The zero-order valence-corrected chi connectivity index (χ0v) is 19.4. The Morgan fingerprint density at radius 3 is 2.31 bits per heavy atom. The van der Waals surface area contributed by atoms with Gasteiger partial charge in [0.15, 0.2) is 15.8 Å². The van der Waals surface area contributed by atoms with Gasteiger partial charge in [0.1, 0.15) is 5.60 Å². The summed E-state index contributed by atoms with van der Waals surface area (Å²) in [6.07, 6.45) is 3.86. The van der Waals surface area contributed by atoms with E-state index >= 15 is 0 Å². The number of carbonyl (C=O) groups excluding carboxylic acids is 1. The molecule has 9 heteroatoms. The van der Waals surface area contributed by atoms with E-state index in [1.54, 1.807) is 14.0 Å². The average Bonchev–Trinajstić information content (AvgIpc) is 3.46. The highest BCUT2D eigenvalue weighted by Crippen LogP contribution is 2.32. The maximum atomic E-state index is 12.8. The maximum absolute atomic E-state index is 12.8. The van der Waals surface area contributed by atoms with E-state index in [0.29, 0.717) is 12.5 Å². The Bertz CT molecular complexity index is 675. The first-order valence-corrected chi connectivity index (χ1v) is 12.5. The number of likely N-dealkylation sites (tertiary alicyclic amines) is 1. The summed E-state index contributed by atoms with van der Waals surface area (Å²) in [4.78, 5) is 21.1. The number of amides is 1. The highest BCUT2D eigenvalue weighted by atomic mass is 32.2. The van der Waals surface area contributed by atoms with E-state index < -0.39 is 15.4 Å². The number of ether oxygens (including phenoxy) is 1. The molecular weight excluding hydrogens is 392 g/mol. The molecule has 8 nitrogen and oxygen atoms in total. The minimum atomic E-state index is -3.00. The molecule has 0 radical (unpaired) electrons. The third kappa shape index (κ3) is 8.03. The number of nitrogens with zero attached hydrogens (tertiary/aromatic N) is 3. The summed E-state index contributed by atoms with van der Waals surface area (Å²) in [7, 11) is -1.29. The SMILES string of the molecule is CCS(=O)(=O)CCNC(=NC)N1CCC(N(CC2CC2)C(=O)OC(C)(C)C)CC1. The quantitative estimate of drug-likeness (QED) is 0.491. The zero-order valence-electron chi connectivity index (χ0n) is 18.6. The molecule has 2 aliphatic rings. The summed E-state index contributed by atoms with van der Waals surface area (Å²) in [6.45, 7) is 10.0. The van der Waals surface area contributed by atoms with Crippen LogP contribution in [0.25, 0.3) is 0 Å². The van der Waals surface area contributed by atoms with E-state index in [1.807, 2.05) is 25.7 Å². The van der Waals surface area contributed by atoms with Gasteiger partial charge in [-0.1, -0.05) is 6.92 Å². The van der Waals surface area contributed by atoms with Crippen molar-refractivity contribution in [2.75, 3.05) is 44.7 Å². The van der Waals surface area contributed by atoms with E-state index in [9.17, 15) is 13.2 Å². The fourth-order valence-corrected chi connectivity index (χ4v) is 4.16. The van der Waals surface area contributed by atoms with Gasteiger partial charge in [0.05, 0.1) is 5.75 Å². The Labute approximate surface area is 176 Å². The molecule has 1 N–H and O–H groups in total. The molecule has 0 aromatic carbocycles. The molecule has 0 unspecified atom stereocenters. The topological polar surface area (TPSA) is 91.3 Å². The second-order valence-electron chi connectivity index (χ2n) is 9.00. The molecule has 1 amide bonds. The number of nitrogens with one attached hydrogen (secondary N) is 1. The third-order valence-electron chi connectivity index (χ3n) is 5.33. The second kappa shape index (κ2) is 10.00. The number of aliphatic imine (C=N–C) groups is 1. The Balaban J connectivity index is 1.89. The van der Waals surface area contributed by atoms with Gasteiger partial charge in [-0.25, -0.2) is 13.2 Å². The largest absolute Gasteiger partial charge is 0.444 e. The highest BCUT2D eigenvalue weighted by molar-refractivity contribution is 7.91. The normalized spacial score (nSPS) is 19.2. The van der Waals surface area contributed by atoms with Crippen LogP contribution in [0.1, 0.15) is 53.4 Å². The van der Waals surface area contributed by atoms with E-state index in [4.69, 9.17) is 4.74 Å². The van der Waals surface area contributed by atoms with Crippen LogP contribution in [0.2, 0.25) is 0 Å².